The fourth-order valence-corrected chi connectivity index (χ4v) is 6.49. The predicted molar refractivity (Wildman–Crippen MR) is 119 cm³/mol. The lowest BCUT2D eigenvalue weighted by Gasteiger charge is -2.32. The van der Waals surface area contributed by atoms with Gasteiger partial charge in [0.05, 0.1) is 18.1 Å². The van der Waals surface area contributed by atoms with E-state index >= 15 is 0 Å². The number of anilines is 1. The highest BCUT2D eigenvalue weighted by molar-refractivity contribution is 7.17. The van der Waals surface area contributed by atoms with Crippen LogP contribution < -0.4 is 4.90 Å². The summed E-state index contributed by atoms with van der Waals surface area (Å²) < 4.78 is 6.34. The summed E-state index contributed by atoms with van der Waals surface area (Å²) in [5.41, 5.74) is 2.57. The van der Waals surface area contributed by atoms with Crippen LogP contribution in [0.25, 0.3) is 21.3 Å². The van der Waals surface area contributed by atoms with E-state index in [-0.39, 0.29) is 0 Å². The van der Waals surface area contributed by atoms with Crippen LogP contribution in [0.4, 0.5) is 5.82 Å². The van der Waals surface area contributed by atoms with Crippen molar-refractivity contribution >= 4 is 27.4 Å². The molecule has 6 rings (SSSR count). The van der Waals surface area contributed by atoms with Crippen molar-refractivity contribution in [2.24, 2.45) is 5.92 Å². The first-order chi connectivity index (χ1) is 14.4. The van der Waals surface area contributed by atoms with Gasteiger partial charge in [0.1, 0.15) is 10.6 Å². The van der Waals surface area contributed by atoms with Gasteiger partial charge in [0.2, 0.25) is 0 Å². The van der Waals surface area contributed by atoms with E-state index in [0.717, 1.165) is 30.9 Å². The highest BCUT2D eigenvalue weighted by Gasteiger charge is 2.46. The fraction of sp³-hybridized carbons (Fsp3) is 0.522. The van der Waals surface area contributed by atoms with Crippen molar-refractivity contribution in [3.8, 4) is 11.1 Å². The molecule has 1 N–H and O–H groups in total. The van der Waals surface area contributed by atoms with E-state index in [9.17, 15) is 0 Å². The van der Waals surface area contributed by atoms with Gasteiger partial charge in [0, 0.05) is 36.0 Å². The minimum absolute atomic E-state index is 0.438. The second-order valence-electron chi connectivity index (χ2n) is 8.76. The summed E-state index contributed by atoms with van der Waals surface area (Å²) in [6.07, 6.45) is 5.55. The Morgan fingerprint density at radius 3 is 2.79 bits per heavy atom. The average Bonchev–Trinajstić information content (AvgIpc) is 3.54. The SMILES string of the molecule is c1ccc(-c2csc3n[nH]c(N4CC5CC4CC5OCCN4CCCC4)c23)cc1. The molecular weight excluding hydrogens is 380 g/mol. The first-order valence-electron chi connectivity index (χ1n) is 11.0. The van der Waals surface area contributed by atoms with Crippen LogP contribution in [0.15, 0.2) is 35.7 Å². The molecule has 1 aliphatic carbocycles. The number of nitrogens with one attached hydrogen (secondary N) is 1. The number of aromatic nitrogens is 2. The molecular formula is C23H28N4OS. The van der Waals surface area contributed by atoms with Crippen LogP contribution in [0.5, 0.6) is 0 Å². The molecule has 5 nitrogen and oxygen atoms in total. The van der Waals surface area contributed by atoms with Crippen molar-refractivity contribution < 1.29 is 4.74 Å². The van der Waals surface area contributed by atoms with Crippen LogP contribution in [-0.4, -0.2) is 60.0 Å². The molecule has 0 radical (unpaired) electrons. The molecule has 3 unspecified atom stereocenters. The smallest absolute Gasteiger partial charge is 0.148 e. The zero-order valence-corrected chi connectivity index (χ0v) is 17.5. The highest BCUT2D eigenvalue weighted by Crippen LogP contribution is 2.46. The molecule has 2 saturated heterocycles. The second-order valence-corrected chi connectivity index (χ2v) is 9.62. The Kier molecular flexibility index (Phi) is 4.58. The Morgan fingerprint density at radius 1 is 1.14 bits per heavy atom. The monoisotopic (exact) mass is 408 g/mol. The maximum absolute atomic E-state index is 6.34. The normalized spacial score (nSPS) is 26.9. The molecule has 3 fully saturated rings. The second kappa shape index (κ2) is 7.42. The van der Waals surface area contributed by atoms with Gasteiger partial charge in [0.25, 0.3) is 0 Å². The Hall–Kier alpha value is -1.89. The molecule has 1 aromatic carbocycles. The van der Waals surface area contributed by atoms with Gasteiger partial charge in [-0.25, -0.2) is 0 Å². The van der Waals surface area contributed by atoms with E-state index in [0.29, 0.717) is 18.1 Å². The Morgan fingerprint density at radius 2 is 2.00 bits per heavy atom. The van der Waals surface area contributed by atoms with Crippen LogP contribution in [0.3, 0.4) is 0 Å². The Bertz CT molecular complexity index is 977. The van der Waals surface area contributed by atoms with E-state index in [1.54, 1.807) is 11.3 Å². The van der Waals surface area contributed by atoms with Gasteiger partial charge in [-0.05, 0) is 44.3 Å². The zero-order chi connectivity index (χ0) is 19.2. The van der Waals surface area contributed by atoms with E-state index in [1.165, 1.54) is 54.7 Å². The van der Waals surface area contributed by atoms with Crippen molar-refractivity contribution in [3.05, 3.63) is 35.7 Å². The molecule has 0 spiro atoms. The van der Waals surface area contributed by atoms with Crippen molar-refractivity contribution in [1.82, 2.24) is 15.1 Å². The third kappa shape index (κ3) is 3.18. The summed E-state index contributed by atoms with van der Waals surface area (Å²) in [6, 6.07) is 11.3. The van der Waals surface area contributed by atoms with Crippen LogP contribution >= 0.6 is 11.3 Å². The summed E-state index contributed by atoms with van der Waals surface area (Å²) >= 11 is 1.73. The van der Waals surface area contributed by atoms with E-state index in [4.69, 9.17) is 4.74 Å². The van der Waals surface area contributed by atoms with Gasteiger partial charge in [-0.2, -0.15) is 5.10 Å². The summed E-state index contributed by atoms with van der Waals surface area (Å²) in [5.74, 6) is 1.86. The summed E-state index contributed by atoms with van der Waals surface area (Å²) in [7, 11) is 0. The number of H-pyrrole nitrogens is 1. The minimum atomic E-state index is 0.438. The number of rotatable bonds is 6. The Labute approximate surface area is 175 Å². The van der Waals surface area contributed by atoms with Crippen LogP contribution in [-0.2, 0) is 4.74 Å². The number of benzene rings is 1. The van der Waals surface area contributed by atoms with Crippen molar-refractivity contribution in [2.75, 3.05) is 37.7 Å². The molecule has 4 heterocycles. The standard InChI is InChI=1S/C23H28N4OS/c1-2-6-16(7-3-1)19-15-29-23-21(19)22(24-25-23)27-14-17-12-18(27)13-20(17)28-11-10-26-8-4-5-9-26/h1-3,6-7,15,17-18,20H,4-5,8-14H2,(H,24,25). The van der Waals surface area contributed by atoms with Crippen molar-refractivity contribution in [2.45, 2.75) is 37.8 Å². The fourth-order valence-electron chi connectivity index (χ4n) is 5.58. The molecule has 3 atom stereocenters. The molecule has 6 heteroatoms. The number of aromatic amines is 1. The number of fused-ring (bicyclic) bond motifs is 3. The third-order valence-electron chi connectivity index (χ3n) is 7.06. The number of thiophene rings is 1. The predicted octanol–water partition coefficient (Wildman–Crippen LogP) is 4.37. The number of hydrogen-bond acceptors (Lipinski definition) is 5. The molecule has 3 aliphatic rings. The van der Waals surface area contributed by atoms with Crippen molar-refractivity contribution in [3.63, 3.8) is 0 Å². The molecule has 152 valence electrons. The lowest BCUT2D eigenvalue weighted by Crippen LogP contribution is -2.39. The first-order valence-corrected chi connectivity index (χ1v) is 11.9. The number of ether oxygens (including phenoxy) is 1. The molecule has 0 amide bonds. The van der Waals surface area contributed by atoms with Crippen LogP contribution in [0.2, 0.25) is 0 Å². The van der Waals surface area contributed by atoms with Gasteiger partial charge >= 0.3 is 0 Å². The van der Waals surface area contributed by atoms with Gasteiger partial charge in [0.15, 0.2) is 0 Å². The molecule has 2 aliphatic heterocycles. The summed E-state index contributed by atoms with van der Waals surface area (Å²) in [5, 5.41) is 11.5. The number of likely N-dealkylation sites (tertiary alicyclic amines) is 1. The minimum Gasteiger partial charge on any atom is -0.376 e. The van der Waals surface area contributed by atoms with Crippen LogP contribution in [0.1, 0.15) is 25.7 Å². The maximum atomic E-state index is 6.34. The lowest BCUT2D eigenvalue weighted by molar-refractivity contribution is 0.0149. The maximum Gasteiger partial charge on any atom is 0.148 e. The quantitative estimate of drug-likeness (QED) is 0.658. The molecule has 2 bridgehead atoms. The molecule has 3 aromatic rings. The van der Waals surface area contributed by atoms with E-state index < -0.39 is 0 Å². The van der Waals surface area contributed by atoms with Crippen molar-refractivity contribution in [1.29, 1.82) is 0 Å². The van der Waals surface area contributed by atoms with Gasteiger partial charge in [-0.1, -0.05) is 30.3 Å². The molecule has 29 heavy (non-hydrogen) atoms. The van der Waals surface area contributed by atoms with Gasteiger partial charge in [-0.15, -0.1) is 11.3 Å². The highest BCUT2D eigenvalue weighted by atomic mass is 32.1. The zero-order valence-electron chi connectivity index (χ0n) is 16.7. The topological polar surface area (TPSA) is 44.4 Å². The Balaban J connectivity index is 1.17. The largest absolute Gasteiger partial charge is 0.376 e. The van der Waals surface area contributed by atoms with E-state index in [2.05, 4.69) is 55.7 Å². The van der Waals surface area contributed by atoms with Gasteiger partial charge in [-0.3, -0.25) is 5.10 Å². The molecule has 1 saturated carbocycles. The number of nitrogens with zero attached hydrogens (tertiary/aromatic N) is 3. The number of hydrogen-bond donors (Lipinski definition) is 1. The first kappa shape index (κ1) is 17.9. The van der Waals surface area contributed by atoms with Gasteiger partial charge < -0.3 is 14.5 Å². The average molecular weight is 409 g/mol. The number of piperidine rings is 1. The molecule has 2 aromatic heterocycles. The van der Waals surface area contributed by atoms with E-state index in [1.807, 2.05) is 0 Å². The summed E-state index contributed by atoms with van der Waals surface area (Å²) in [6.45, 7) is 5.60. The summed E-state index contributed by atoms with van der Waals surface area (Å²) in [4.78, 5) is 6.22. The van der Waals surface area contributed by atoms with Crippen LogP contribution in [0, 0.1) is 5.92 Å². The third-order valence-corrected chi connectivity index (χ3v) is 7.93. The lowest BCUT2D eigenvalue weighted by atomic mass is 10.0.